The van der Waals surface area contributed by atoms with E-state index < -0.39 is 6.61 Å². The fourth-order valence-corrected chi connectivity index (χ4v) is 4.60. The van der Waals surface area contributed by atoms with Crippen molar-refractivity contribution in [3.05, 3.63) is 59.2 Å². The van der Waals surface area contributed by atoms with Gasteiger partial charge >= 0.3 is 6.61 Å². The Labute approximate surface area is 185 Å². The average Bonchev–Trinajstić information content (AvgIpc) is 3.05. The number of carbonyl (C=O) groups excluding carboxylic acids is 2. The summed E-state index contributed by atoms with van der Waals surface area (Å²) in [4.78, 5) is 27.0. The summed E-state index contributed by atoms with van der Waals surface area (Å²) in [5.41, 5.74) is 1.91. The highest BCUT2D eigenvalue weighted by Crippen LogP contribution is 2.32. The van der Waals surface area contributed by atoms with E-state index >= 15 is 0 Å². The zero-order chi connectivity index (χ0) is 22.7. The molecule has 0 aromatic heterocycles. The van der Waals surface area contributed by atoms with Gasteiger partial charge in [0.1, 0.15) is 0 Å². The van der Waals surface area contributed by atoms with Crippen molar-refractivity contribution < 1.29 is 27.8 Å². The number of rotatable bonds is 8. The summed E-state index contributed by atoms with van der Waals surface area (Å²) in [6.45, 7) is -2.23. The van der Waals surface area contributed by atoms with Crippen LogP contribution < -0.4 is 14.8 Å². The summed E-state index contributed by atoms with van der Waals surface area (Å²) in [5.74, 6) is -0.120. The van der Waals surface area contributed by atoms with E-state index in [1.165, 1.54) is 18.1 Å². The van der Waals surface area contributed by atoms with Gasteiger partial charge in [-0.2, -0.15) is 8.78 Å². The van der Waals surface area contributed by atoms with Crippen molar-refractivity contribution in [2.75, 3.05) is 13.7 Å². The Balaban J connectivity index is 1.33. The van der Waals surface area contributed by atoms with Crippen molar-refractivity contribution in [1.82, 2.24) is 10.2 Å². The third-order valence-corrected chi connectivity index (χ3v) is 6.13. The van der Waals surface area contributed by atoms with Crippen LogP contribution in [0, 0.1) is 0 Å². The van der Waals surface area contributed by atoms with Crippen LogP contribution >= 0.6 is 0 Å². The molecule has 1 aliphatic carbocycles. The lowest BCUT2D eigenvalue weighted by Crippen LogP contribution is -2.47. The Morgan fingerprint density at radius 3 is 2.44 bits per heavy atom. The predicted molar refractivity (Wildman–Crippen MR) is 114 cm³/mol. The van der Waals surface area contributed by atoms with Crippen molar-refractivity contribution in [3.63, 3.8) is 0 Å². The van der Waals surface area contributed by atoms with E-state index in [0.717, 1.165) is 31.2 Å². The summed E-state index contributed by atoms with van der Waals surface area (Å²) >= 11 is 0. The maximum Gasteiger partial charge on any atom is 0.387 e. The first-order valence-electron chi connectivity index (χ1n) is 10.8. The summed E-state index contributed by atoms with van der Waals surface area (Å²) < 4.78 is 34.6. The van der Waals surface area contributed by atoms with E-state index in [9.17, 15) is 18.4 Å². The minimum absolute atomic E-state index is 0.00951. The number of alkyl halides is 2. The SMILES string of the molecule is COc1cc(CCN[C@@H]2CCC[C@H](N3C(=O)c4ccccc4C3=O)C2)ccc1OC(F)F. The van der Waals surface area contributed by atoms with Gasteiger partial charge in [-0.1, -0.05) is 18.2 Å². The highest BCUT2D eigenvalue weighted by atomic mass is 19.3. The molecule has 8 heteroatoms. The van der Waals surface area contributed by atoms with Crippen molar-refractivity contribution in [2.24, 2.45) is 0 Å². The minimum Gasteiger partial charge on any atom is -0.493 e. The van der Waals surface area contributed by atoms with Gasteiger partial charge in [0.25, 0.3) is 11.8 Å². The number of hydrogen-bond donors (Lipinski definition) is 1. The molecule has 2 amide bonds. The number of imide groups is 1. The first kappa shape index (κ1) is 22.2. The van der Waals surface area contributed by atoms with E-state index in [1.54, 1.807) is 36.4 Å². The van der Waals surface area contributed by atoms with E-state index in [0.29, 0.717) is 24.1 Å². The van der Waals surface area contributed by atoms with Gasteiger partial charge < -0.3 is 14.8 Å². The van der Waals surface area contributed by atoms with Crippen LogP contribution in [0.25, 0.3) is 0 Å². The molecule has 2 aliphatic rings. The molecule has 1 saturated carbocycles. The molecule has 0 radical (unpaired) electrons. The number of amides is 2. The smallest absolute Gasteiger partial charge is 0.387 e. The van der Waals surface area contributed by atoms with Crippen molar-refractivity contribution in [3.8, 4) is 11.5 Å². The summed E-state index contributed by atoms with van der Waals surface area (Å²) in [7, 11) is 1.41. The molecule has 32 heavy (non-hydrogen) atoms. The quantitative estimate of drug-likeness (QED) is 0.623. The Bertz CT molecular complexity index is 963. The number of methoxy groups -OCH3 is 1. The number of hydrogen-bond acceptors (Lipinski definition) is 5. The lowest BCUT2D eigenvalue weighted by atomic mass is 9.89. The molecule has 1 heterocycles. The number of ether oxygens (including phenoxy) is 2. The fraction of sp³-hybridized carbons (Fsp3) is 0.417. The maximum absolute atomic E-state index is 12.8. The average molecular weight is 444 g/mol. The largest absolute Gasteiger partial charge is 0.493 e. The fourth-order valence-electron chi connectivity index (χ4n) is 4.60. The van der Waals surface area contributed by atoms with Crippen molar-refractivity contribution in [1.29, 1.82) is 0 Å². The van der Waals surface area contributed by atoms with Crippen LogP contribution in [0.1, 0.15) is 52.0 Å². The number of benzene rings is 2. The van der Waals surface area contributed by atoms with Crippen molar-refractivity contribution in [2.45, 2.75) is 50.8 Å². The molecule has 4 rings (SSSR count). The Morgan fingerprint density at radius 2 is 1.78 bits per heavy atom. The van der Waals surface area contributed by atoms with Gasteiger partial charge in [0.15, 0.2) is 11.5 Å². The molecule has 2 aromatic rings. The summed E-state index contributed by atoms with van der Waals surface area (Å²) in [6, 6.07) is 12.0. The van der Waals surface area contributed by atoms with Gasteiger partial charge in [0.2, 0.25) is 0 Å². The van der Waals surface area contributed by atoms with Crippen LogP contribution in [0.2, 0.25) is 0 Å². The van der Waals surface area contributed by atoms with Crippen LogP contribution in [0.5, 0.6) is 11.5 Å². The molecule has 0 saturated heterocycles. The number of fused-ring (bicyclic) bond motifs is 1. The second-order valence-electron chi connectivity index (χ2n) is 8.11. The normalized spacial score (nSPS) is 20.6. The van der Waals surface area contributed by atoms with E-state index in [1.807, 2.05) is 0 Å². The molecule has 0 unspecified atom stereocenters. The molecule has 1 fully saturated rings. The third kappa shape index (κ3) is 4.60. The van der Waals surface area contributed by atoms with E-state index in [-0.39, 0.29) is 35.4 Å². The molecule has 170 valence electrons. The lowest BCUT2D eigenvalue weighted by molar-refractivity contribution is -0.0512. The van der Waals surface area contributed by atoms with Gasteiger partial charge in [-0.3, -0.25) is 14.5 Å². The summed E-state index contributed by atoms with van der Waals surface area (Å²) in [5, 5.41) is 3.52. The van der Waals surface area contributed by atoms with Crippen LogP contribution in [-0.2, 0) is 6.42 Å². The minimum atomic E-state index is -2.90. The monoisotopic (exact) mass is 444 g/mol. The zero-order valence-corrected chi connectivity index (χ0v) is 17.9. The highest BCUT2D eigenvalue weighted by Gasteiger charge is 2.41. The number of nitrogens with one attached hydrogen (secondary N) is 1. The number of halogens is 2. The van der Waals surface area contributed by atoms with Gasteiger partial charge in [0, 0.05) is 12.1 Å². The highest BCUT2D eigenvalue weighted by molar-refractivity contribution is 6.21. The van der Waals surface area contributed by atoms with Gasteiger partial charge in [0.05, 0.1) is 18.2 Å². The molecule has 0 bridgehead atoms. The molecule has 1 aliphatic heterocycles. The maximum atomic E-state index is 12.8. The second-order valence-corrected chi connectivity index (χ2v) is 8.11. The van der Waals surface area contributed by atoms with Gasteiger partial charge in [-0.25, -0.2) is 0 Å². The molecular weight excluding hydrogens is 418 g/mol. The second kappa shape index (κ2) is 9.65. The van der Waals surface area contributed by atoms with Crippen LogP contribution in [0.3, 0.4) is 0 Å². The van der Waals surface area contributed by atoms with E-state index in [2.05, 4.69) is 10.1 Å². The Morgan fingerprint density at radius 1 is 1.06 bits per heavy atom. The van der Waals surface area contributed by atoms with E-state index in [4.69, 9.17) is 4.74 Å². The molecule has 1 N–H and O–H groups in total. The molecule has 0 spiro atoms. The summed E-state index contributed by atoms with van der Waals surface area (Å²) in [6.07, 6.45) is 4.12. The Kier molecular flexibility index (Phi) is 6.69. The zero-order valence-electron chi connectivity index (χ0n) is 17.9. The first-order valence-corrected chi connectivity index (χ1v) is 10.8. The molecule has 2 aromatic carbocycles. The van der Waals surface area contributed by atoms with Crippen LogP contribution in [0.4, 0.5) is 8.78 Å². The third-order valence-electron chi connectivity index (χ3n) is 6.13. The predicted octanol–water partition coefficient (Wildman–Crippen LogP) is 4.04. The molecule has 6 nitrogen and oxygen atoms in total. The number of nitrogens with zero attached hydrogens (tertiary/aromatic N) is 1. The van der Waals surface area contributed by atoms with Crippen LogP contribution in [-0.4, -0.2) is 49.1 Å². The number of carbonyl (C=O) groups is 2. The van der Waals surface area contributed by atoms with Gasteiger partial charge in [-0.05, 0) is 68.5 Å². The van der Waals surface area contributed by atoms with Crippen LogP contribution in [0.15, 0.2) is 42.5 Å². The molecular formula is C24H26F2N2O4. The standard InChI is InChI=1S/C24H26F2N2O4/c1-31-21-13-15(9-10-20(21)32-24(25)26)11-12-27-16-5-4-6-17(14-16)28-22(29)18-7-2-3-8-19(18)23(28)30/h2-3,7-10,13,16-17,24,27H,4-6,11-12,14H2,1H3/t16-,17+/m1/s1. The topological polar surface area (TPSA) is 67.9 Å². The molecule has 2 atom stereocenters. The first-order chi connectivity index (χ1) is 15.5. The van der Waals surface area contributed by atoms with Gasteiger partial charge in [-0.15, -0.1) is 0 Å². The van der Waals surface area contributed by atoms with Crippen molar-refractivity contribution >= 4 is 11.8 Å². The lowest BCUT2D eigenvalue weighted by Gasteiger charge is -2.34. The Hall–Kier alpha value is -3.00.